The first-order valence-electron chi connectivity index (χ1n) is 10.3. The van der Waals surface area contributed by atoms with Crippen LogP contribution in [0.5, 0.6) is 11.5 Å². The highest BCUT2D eigenvalue weighted by Crippen LogP contribution is 2.34. The van der Waals surface area contributed by atoms with E-state index in [9.17, 15) is 28.0 Å². The van der Waals surface area contributed by atoms with Crippen molar-refractivity contribution in [3.63, 3.8) is 0 Å². The molecule has 1 aromatic rings. The Bertz CT molecular complexity index is 1000. The Morgan fingerprint density at radius 1 is 1.29 bits per heavy atom. The number of alkyl halides is 2. The zero-order valence-electron chi connectivity index (χ0n) is 18.5. The van der Waals surface area contributed by atoms with Crippen molar-refractivity contribution in [2.75, 3.05) is 33.8 Å². The lowest BCUT2D eigenvalue weighted by Gasteiger charge is -2.19. The first-order chi connectivity index (χ1) is 16.2. The van der Waals surface area contributed by atoms with Gasteiger partial charge in [-0.1, -0.05) is 6.07 Å². The maximum atomic E-state index is 12.6. The van der Waals surface area contributed by atoms with Crippen LogP contribution in [0.3, 0.4) is 0 Å². The highest BCUT2D eigenvalue weighted by molar-refractivity contribution is 8.18. The molecule has 0 radical (unpaired) electrons. The van der Waals surface area contributed by atoms with Gasteiger partial charge in [-0.15, -0.1) is 0 Å². The number of hydrogen-bond donors (Lipinski definition) is 2. The molecule has 0 spiro atoms. The maximum Gasteiger partial charge on any atom is 0.387 e. The van der Waals surface area contributed by atoms with Crippen LogP contribution in [0.2, 0.25) is 0 Å². The predicted octanol–water partition coefficient (Wildman–Crippen LogP) is 2.25. The molecular formula is C21H24F2N4O6S. The number of ether oxygens (including phenoxy) is 2. The highest BCUT2D eigenvalue weighted by atomic mass is 32.2. The summed E-state index contributed by atoms with van der Waals surface area (Å²) in [7, 11) is 2.76. The number of likely N-dealkylation sites (N-methyl/N-ethyl adjacent to an activating group) is 1. The van der Waals surface area contributed by atoms with Crippen molar-refractivity contribution in [2.24, 2.45) is 0 Å². The van der Waals surface area contributed by atoms with E-state index in [0.29, 0.717) is 5.56 Å². The van der Waals surface area contributed by atoms with Crippen molar-refractivity contribution in [2.45, 2.75) is 25.5 Å². The Hall–Kier alpha value is -3.35. The summed E-state index contributed by atoms with van der Waals surface area (Å²) in [4.78, 5) is 51.2. The monoisotopic (exact) mass is 498 g/mol. The summed E-state index contributed by atoms with van der Waals surface area (Å²) in [5.74, 6) is -0.908. The molecule has 0 unspecified atom stereocenters. The SMILES string of the molecule is COc1cc(/C=C2/SC(=O)N(CCNC(=O)N(C)CC(=O)NC3CC3)C2=O)ccc1OC(F)F. The zero-order valence-corrected chi connectivity index (χ0v) is 19.3. The molecule has 0 aromatic heterocycles. The Labute approximate surface area is 198 Å². The largest absolute Gasteiger partial charge is 0.493 e. The molecule has 1 saturated carbocycles. The van der Waals surface area contributed by atoms with Crippen molar-refractivity contribution in [3.05, 3.63) is 28.7 Å². The minimum Gasteiger partial charge on any atom is -0.493 e. The predicted molar refractivity (Wildman–Crippen MR) is 119 cm³/mol. The van der Waals surface area contributed by atoms with E-state index in [-0.39, 0.29) is 48.0 Å². The fourth-order valence-corrected chi connectivity index (χ4v) is 3.87. The molecule has 2 N–H and O–H groups in total. The molecule has 2 fully saturated rings. The fraction of sp³-hybridized carbons (Fsp3) is 0.429. The molecule has 184 valence electrons. The third kappa shape index (κ3) is 6.83. The standard InChI is InChI=1S/C21H24F2N4O6S/c1-26(11-17(28)25-13-4-5-13)20(30)24-7-8-27-18(29)16(34-21(27)31)10-12-3-6-14(33-19(22)23)15(9-12)32-2/h3,6,9-10,13,19H,4-5,7-8,11H2,1-2H3,(H,24,30)(H,25,28)/b16-10+. The number of amides is 5. The van der Waals surface area contributed by atoms with Gasteiger partial charge in [0.25, 0.3) is 11.1 Å². The summed E-state index contributed by atoms with van der Waals surface area (Å²) in [6, 6.07) is 3.82. The Kier molecular flexibility index (Phi) is 8.31. The summed E-state index contributed by atoms with van der Waals surface area (Å²) in [5, 5.41) is 4.84. The van der Waals surface area contributed by atoms with Crippen LogP contribution in [0.4, 0.5) is 18.4 Å². The maximum absolute atomic E-state index is 12.6. The lowest BCUT2D eigenvalue weighted by Crippen LogP contribution is -2.46. The number of hydrogen-bond acceptors (Lipinski definition) is 7. The zero-order chi connectivity index (χ0) is 24.8. The normalized spacial score (nSPS) is 16.7. The van der Waals surface area contributed by atoms with E-state index in [1.165, 1.54) is 43.3 Å². The van der Waals surface area contributed by atoms with Crippen LogP contribution < -0.4 is 20.1 Å². The van der Waals surface area contributed by atoms with Gasteiger partial charge in [0.15, 0.2) is 11.5 Å². The lowest BCUT2D eigenvalue weighted by molar-refractivity contribution is -0.123. The van der Waals surface area contributed by atoms with Gasteiger partial charge in [0.05, 0.1) is 12.0 Å². The summed E-state index contributed by atoms with van der Waals surface area (Å²) in [6.45, 7) is -3.17. The van der Waals surface area contributed by atoms with Crippen LogP contribution in [0, 0.1) is 0 Å². The molecule has 34 heavy (non-hydrogen) atoms. The number of thioether (sulfide) groups is 1. The number of benzene rings is 1. The molecule has 1 saturated heterocycles. The van der Waals surface area contributed by atoms with Crippen LogP contribution in [-0.4, -0.2) is 79.3 Å². The van der Waals surface area contributed by atoms with E-state index in [1.54, 1.807) is 0 Å². The second-order valence-electron chi connectivity index (χ2n) is 7.55. The number of carbonyl (C=O) groups is 4. The first kappa shape index (κ1) is 25.3. The average molecular weight is 499 g/mol. The molecule has 1 aromatic carbocycles. The number of carbonyl (C=O) groups excluding carboxylic acids is 4. The summed E-state index contributed by atoms with van der Waals surface area (Å²) < 4.78 is 34.3. The molecule has 13 heteroatoms. The van der Waals surface area contributed by atoms with Crippen LogP contribution in [-0.2, 0) is 9.59 Å². The number of rotatable bonds is 10. The van der Waals surface area contributed by atoms with Gasteiger partial charge < -0.3 is 25.0 Å². The molecule has 0 atom stereocenters. The van der Waals surface area contributed by atoms with Crippen molar-refractivity contribution in [1.82, 2.24) is 20.4 Å². The van der Waals surface area contributed by atoms with Crippen LogP contribution in [0.15, 0.2) is 23.1 Å². The van der Waals surface area contributed by atoms with E-state index in [1.807, 2.05) is 0 Å². The molecule has 5 amide bonds. The van der Waals surface area contributed by atoms with E-state index in [0.717, 1.165) is 29.5 Å². The van der Waals surface area contributed by atoms with Gasteiger partial charge in [0.1, 0.15) is 6.54 Å². The summed E-state index contributed by atoms with van der Waals surface area (Å²) in [5.41, 5.74) is 0.448. The van der Waals surface area contributed by atoms with E-state index in [4.69, 9.17) is 4.74 Å². The van der Waals surface area contributed by atoms with Gasteiger partial charge in [-0.2, -0.15) is 8.78 Å². The van der Waals surface area contributed by atoms with E-state index in [2.05, 4.69) is 15.4 Å². The van der Waals surface area contributed by atoms with Crippen molar-refractivity contribution < 1.29 is 37.4 Å². The van der Waals surface area contributed by atoms with E-state index >= 15 is 0 Å². The second kappa shape index (κ2) is 11.2. The minimum atomic E-state index is -3.02. The van der Waals surface area contributed by atoms with Crippen LogP contribution in [0.1, 0.15) is 18.4 Å². The molecule has 10 nitrogen and oxygen atoms in total. The third-order valence-corrected chi connectivity index (χ3v) is 5.76. The number of methoxy groups -OCH3 is 1. The number of nitrogens with zero attached hydrogens (tertiary/aromatic N) is 2. The van der Waals surface area contributed by atoms with Crippen molar-refractivity contribution >= 4 is 40.9 Å². The molecule has 1 aliphatic carbocycles. The number of nitrogens with one attached hydrogen (secondary N) is 2. The molecular weight excluding hydrogens is 474 g/mol. The van der Waals surface area contributed by atoms with Crippen molar-refractivity contribution in [3.8, 4) is 11.5 Å². The highest BCUT2D eigenvalue weighted by Gasteiger charge is 2.35. The number of imide groups is 1. The molecule has 1 heterocycles. The van der Waals surface area contributed by atoms with Crippen molar-refractivity contribution in [1.29, 1.82) is 0 Å². The number of urea groups is 1. The second-order valence-corrected chi connectivity index (χ2v) is 8.55. The number of halogens is 2. The molecule has 2 aliphatic rings. The van der Waals surface area contributed by atoms with E-state index < -0.39 is 23.8 Å². The summed E-state index contributed by atoms with van der Waals surface area (Å²) in [6.07, 6.45) is 3.32. The van der Waals surface area contributed by atoms with Gasteiger partial charge in [0, 0.05) is 26.2 Å². The fourth-order valence-electron chi connectivity index (χ4n) is 3.01. The Morgan fingerprint density at radius 2 is 2.03 bits per heavy atom. The van der Waals surface area contributed by atoms with Gasteiger partial charge >= 0.3 is 12.6 Å². The van der Waals surface area contributed by atoms with Gasteiger partial charge in [-0.25, -0.2) is 4.79 Å². The lowest BCUT2D eigenvalue weighted by atomic mass is 10.2. The molecule has 3 rings (SSSR count). The first-order valence-corrected chi connectivity index (χ1v) is 11.2. The topological polar surface area (TPSA) is 117 Å². The molecule has 1 aliphatic heterocycles. The van der Waals surface area contributed by atoms with Crippen LogP contribution >= 0.6 is 11.8 Å². The van der Waals surface area contributed by atoms with Crippen LogP contribution in [0.25, 0.3) is 6.08 Å². The van der Waals surface area contributed by atoms with Gasteiger partial charge in [-0.05, 0) is 48.4 Å². The quantitative estimate of drug-likeness (QED) is 0.475. The molecule has 0 bridgehead atoms. The Morgan fingerprint density at radius 3 is 2.68 bits per heavy atom. The summed E-state index contributed by atoms with van der Waals surface area (Å²) >= 11 is 0.720. The average Bonchev–Trinajstić information content (AvgIpc) is 3.55. The smallest absolute Gasteiger partial charge is 0.387 e. The Balaban J connectivity index is 1.53. The minimum absolute atomic E-state index is 0.00617. The third-order valence-electron chi connectivity index (χ3n) is 4.86. The van der Waals surface area contributed by atoms with Gasteiger partial charge in [-0.3, -0.25) is 19.3 Å². The van der Waals surface area contributed by atoms with Gasteiger partial charge in [0.2, 0.25) is 5.91 Å².